The maximum Gasteiger partial charge on any atom is 0.338 e. The summed E-state index contributed by atoms with van der Waals surface area (Å²) >= 11 is 0. The molecule has 1 saturated carbocycles. The SMILES string of the molecule is O=C(OCCS(=O)(=O)O)c1ccc(F)c(OC2(c3ccccc3)CCCC2)c1. The molecule has 0 bridgehead atoms. The van der Waals surface area contributed by atoms with Gasteiger partial charge >= 0.3 is 5.97 Å². The Hall–Kier alpha value is -2.45. The lowest BCUT2D eigenvalue weighted by Gasteiger charge is -2.31. The molecule has 0 amide bonds. The summed E-state index contributed by atoms with van der Waals surface area (Å²) in [6, 6.07) is 13.2. The van der Waals surface area contributed by atoms with E-state index >= 15 is 0 Å². The van der Waals surface area contributed by atoms with Crippen molar-refractivity contribution in [2.45, 2.75) is 31.3 Å². The van der Waals surface area contributed by atoms with Gasteiger partial charge in [-0.1, -0.05) is 30.3 Å². The summed E-state index contributed by atoms with van der Waals surface area (Å²) < 4.78 is 55.4. The average molecular weight is 408 g/mol. The van der Waals surface area contributed by atoms with Gasteiger partial charge in [0.2, 0.25) is 0 Å². The molecule has 3 rings (SSSR count). The lowest BCUT2D eigenvalue weighted by atomic mass is 9.92. The first kappa shape index (κ1) is 20.3. The number of benzene rings is 2. The molecule has 1 aliphatic rings. The second-order valence-corrected chi connectivity index (χ2v) is 8.31. The van der Waals surface area contributed by atoms with E-state index in [1.165, 1.54) is 12.1 Å². The highest BCUT2D eigenvalue weighted by molar-refractivity contribution is 7.85. The molecule has 0 unspecified atom stereocenters. The van der Waals surface area contributed by atoms with Gasteiger partial charge in [0.1, 0.15) is 18.0 Å². The standard InChI is InChI=1S/C20H21FO6S/c21-17-9-8-15(19(22)26-12-13-28(23,24)25)14-18(17)27-20(10-4-5-11-20)16-6-2-1-3-7-16/h1-3,6-9,14H,4-5,10-13H2,(H,23,24,25). The minimum atomic E-state index is -4.23. The lowest BCUT2D eigenvalue weighted by Crippen LogP contribution is -2.30. The Morgan fingerprint density at radius 2 is 1.79 bits per heavy atom. The monoisotopic (exact) mass is 408 g/mol. The smallest absolute Gasteiger partial charge is 0.338 e. The molecule has 0 aliphatic heterocycles. The van der Waals surface area contributed by atoms with Crippen LogP contribution in [0.5, 0.6) is 5.75 Å². The van der Waals surface area contributed by atoms with Gasteiger partial charge in [0.05, 0.1) is 5.56 Å². The third kappa shape index (κ3) is 4.88. The van der Waals surface area contributed by atoms with Crippen molar-refractivity contribution < 1.29 is 31.6 Å². The quantitative estimate of drug-likeness (QED) is 0.555. The fourth-order valence-corrected chi connectivity index (χ4v) is 3.67. The summed E-state index contributed by atoms with van der Waals surface area (Å²) in [4.78, 5) is 12.1. The molecule has 150 valence electrons. The average Bonchev–Trinajstić information content (AvgIpc) is 3.13. The van der Waals surface area contributed by atoms with E-state index < -0.39 is 39.9 Å². The zero-order valence-corrected chi connectivity index (χ0v) is 16.0. The Bertz CT molecular complexity index is 936. The van der Waals surface area contributed by atoms with Crippen LogP contribution in [0.25, 0.3) is 0 Å². The van der Waals surface area contributed by atoms with Gasteiger partial charge in [0.25, 0.3) is 10.1 Å². The predicted octanol–water partition coefficient (Wildman–Crippen LogP) is 3.72. The van der Waals surface area contributed by atoms with Gasteiger partial charge in [0.15, 0.2) is 11.6 Å². The van der Waals surface area contributed by atoms with Crippen LogP contribution in [0, 0.1) is 5.82 Å². The van der Waals surface area contributed by atoms with Gasteiger partial charge in [-0.2, -0.15) is 8.42 Å². The highest BCUT2D eigenvalue weighted by atomic mass is 32.2. The van der Waals surface area contributed by atoms with Crippen LogP contribution in [0.3, 0.4) is 0 Å². The highest BCUT2D eigenvalue weighted by Crippen LogP contribution is 2.43. The van der Waals surface area contributed by atoms with Crippen LogP contribution in [-0.4, -0.2) is 31.3 Å². The number of ether oxygens (including phenoxy) is 2. The predicted molar refractivity (Wildman–Crippen MR) is 100 cm³/mol. The van der Waals surface area contributed by atoms with Crippen molar-refractivity contribution in [1.82, 2.24) is 0 Å². The molecule has 8 heteroatoms. The van der Waals surface area contributed by atoms with Crippen LogP contribution in [0.2, 0.25) is 0 Å². The second-order valence-electron chi connectivity index (χ2n) is 6.74. The molecule has 0 radical (unpaired) electrons. The van der Waals surface area contributed by atoms with E-state index in [9.17, 15) is 17.6 Å². The second kappa shape index (κ2) is 8.28. The van der Waals surface area contributed by atoms with Crippen LogP contribution in [0.1, 0.15) is 41.6 Å². The van der Waals surface area contributed by atoms with Crippen LogP contribution in [0.4, 0.5) is 4.39 Å². The minimum absolute atomic E-state index is 0.0351. The minimum Gasteiger partial charge on any atom is -0.479 e. The normalized spacial score (nSPS) is 15.9. The molecular weight excluding hydrogens is 387 g/mol. The summed E-state index contributed by atoms with van der Waals surface area (Å²) in [5.41, 5.74) is 0.330. The first-order chi connectivity index (χ1) is 13.3. The molecule has 1 fully saturated rings. The Labute approximate surface area is 163 Å². The molecule has 0 saturated heterocycles. The van der Waals surface area contributed by atoms with Crippen LogP contribution < -0.4 is 4.74 Å². The van der Waals surface area contributed by atoms with Crippen molar-refractivity contribution in [1.29, 1.82) is 0 Å². The van der Waals surface area contributed by atoms with E-state index in [-0.39, 0.29) is 11.3 Å². The molecule has 0 aromatic heterocycles. The topological polar surface area (TPSA) is 89.9 Å². The number of hydrogen-bond donors (Lipinski definition) is 1. The third-order valence-electron chi connectivity index (χ3n) is 4.76. The first-order valence-corrected chi connectivity index (χ1v) is 10.6. The van der Waals surface area contributed by atoms with Gasteiger partial charge in [0, 0.05) is 0 Å². The molecule has 1 N–H and O–H groups in total. The van der Waals surface area contributed by atoms with E-state index in [0.29, 0.717) is 0 Å². The maximum absolute atomic E-state index is 14.4. The molecular formula is C20H21FO6S. The summed E-state index contributed by atoms with van der Waals surface area (Å²) in [7, 11) is -4.23. The summed E-state index contributed by atoms with van der Waals surface area (Å²) in [5, 5.41) is 0. The molecule has 2 aromatic rings. The molecule has 0 heterocycles. The fraction of sp³-hybridized carbons (Fsp3) is 0.350. The number of esters is 1. The van der Waals surface area contributed by atoms with Gasteiger partial charge < -0.3 is 9.47 Å². The van der Waals surface area contributed by atoms with Gasteiger partial charge in [-0.05, 0) is 49.4 Å². The van der Waals surface area contributed by atoms with E-state index in [4.69, 9.17) is 14.0 Å². The van der Waals surface area contributed by atoms with E-state index in [1.807, 2.05) is 30.3 Å². The Morgan fingerprint density at radius 3 is 2.43 bits per heavy atom. The number of halogens is 1. The van der Waals surface area contributed by atoms with E-state index in [0.717, 1.165) is 37.3 Å². The summed E-state index contributed by atoms with van der Waals surface area (Å²) in [6.45, 7) is -0.501. The number of carbonyl (C=O) groups is 1. The lowest BCUT2D eigenvalue weighted by molar-refractivity contribution is 0.0520. The van der Waals surface area contributed by atoms with Crippen LogP contribution in [0.15, 0.2) is 48.5 Å². The Morgan fingerprint density at radius 1 is 1.11 bits per heavy atom. The van der Waals surface area contributed by atoms with Crippen molar-refractivity contribution in [2.75, 3.05) is 12.4 Å². The summed E-state index contributed by atoms with van der Waals surface area (Å²) in [5.74, 6) is -2.19. The Balaban J connectivity index is 1.80. The molecule has 6 nitrogen and oxygen atoms in total. The summed E-state index contributed by atoms with van der Waals surface area (Å²) in [6.07, 6.45) is 3.38. The van der Waals surface area contributed by atoms with Crippen LogP contribution >= 0.6 is 0 Å². The molecule has 0 spiro atoms. The molecule has 28 heavy (non-hydrogen) atoms. The fourth-order valence-electron chi connectivity index (χ4n) is 3.38. The van der Waals surface area contributed by atoms with Crippen molar-refractivity contribution in [3.8, 4) is 5.75 Å². The van der Waals surface area contributed by atoms with Gasteiger partial charge in [-0.3, -0.25) is 4.55 Å². The number of hydrogen-bond acceptors (Lipinski definition) is 5. The maximum atomic E-state index is 14.4. The van der Waals surface area contributed by atoms with Gasteiger partial charge in [-0.25, -0.2) is 9.18 Å². The first-order valence-electron chi connectivity index (χ1n) is 8.95. The third-order valence-corrected chi connectivity index (χ3v) is 5.44. The van der Waals surface area contributed by atoms with Crippen molar-refractivity contribution >= 4 is 16.1 Å². The number of carbonyl (C=O) groups excluding carboxylic acids is 1. The highest BCUT2D eigenvalue weighted by Gasteiger charge is 2.38. The molecule has 0 atom stereocenters. The van der Waals surface area contributed by atoms with E-state index in [2.05, 4.69) is 0 Å². The van der Waals surface area contributed by atoms with Crippen molar-refractivity contribution in [2.24, 2.45) is 0 Å². The van der Waals surface area contributed by atoms with Crippen molar-refractivity contribution in [3.05, 3.63) is 65.5 Å². The molecule has 1 aliphatic carbocycles. The van der Waals surface area contributed by atoms with E-state index in [1.54, 1.807) is 0 Å². The largest absolute Gasteiger partial charge is 0.479 e. The zero-order valence-electron chi connectivity index (χ0n) is 15.1. The van der Waals surface area contributed by atoms with Gasteiger partial charge in [-0.15, -0.1) is 0 Å². The molecule has 2 aromatic carbocycles. The van der Waals surface area contributed by atoms with Crippen molar-refractivity contribution in [3.63, 3.8) is 0 Å². The Kier molecular flexibility index (Phi) is 6.00. The zero-order chi connectivity index (χ0) is 20.2. The van der Waals surface area contributed by atoms with Crippen LogP contribution in [-0.2, 0) is 20.5 Å². The number of rotatable bonds is 7.